The fourth-order valence-electron chi connectivity index (χ4n) is 2.97. The Hall–Kier alpha value is -2.36. The number of furan rings is 1. The number of Topliss-reactive ketones (excluding diaryl/α,β-unsaturated/α-hetero) is 1. The molecule has 2 aromatic rings. The fourth-order valence-corrected chi connectivity index (χ4v) is 4.56. The summed E-state index contributed by atoms with van der Waals surface area (Å²) in [6, 6.07) is 7.97. The summed E-state index contributed by atoms with van der Waals surface area (Å²) in [6.07, 6.45) is 1.46. The molecule has 0 spiro atoms. The lowest BCUT2D eigenvalue weighted by Gasteiger charge is -2.33. The van der Waals surface area contributed by atoms with Crippen LogP contribution in [0.4, 0.5) is 0 Å². The number of hydrogen-bond acceptors (Lipinski definition) is 7. The number of ketones is 1. The van der Waals surface area contributed by atoms with Crippen LogP contribution in [0.25, 0.3) is 0 Å². The van der Waals surface area contributed by atoms with Crippen molar-refractivity contribution < 1.29 is 27.1 Å². The van der Waals surface area contributed by atoms with Gasteiger partial charge in [-0.25, -0.2) is 8.42 Å². The van der Waals surface area contributed by atoms with E-state index in [4.69, 9.17) is 13.9 Å². The van der Waals surface area contributed by atoms with E-state index in [9.17, 15) is 13.2 Å². The van der Waals surface area contributed by atoms with Crippen molar-refractivity contribution in [3.63, 3.8) is 0 Å². The van der Waals surface area contributed by atoms with Crippen molar-refractivity contribution in [3.05, 3.63) is 42.4 Å². The molecule has 1 aliphatic rings. The van der Waals surface area contributed by atoms with Gasteiger partial charge in [-0.2, -0.15) is 4.31 Å². The molecule has 8 nitrogen and oxygen atoms in total. The molecule has 1 saturated heterocycles. The molecular formula is C18H22N2O6S. The number of sulfonamides is 1. The smallest absolute Gasteiger partial charge is 0.246 e. The zero-order chi connectivity index (χ0) is 19.4. The summed E-state index contributed by atoms with van der Waals surface area (Å²) in [4.78, 5) is 14.1. The second kappa shape index (κ2) is 8.12. The van der Waals surface area contributed by atoms with Crippen LogP contribution in [0.3, 0.4) is 0 Å². The molecule has 0 N–H and O–H groups in total. The Morgan fingerprint density at radius 2 is 1.85 bits per heavy atom. The van der Waals surface area contributed by atoms with Gasteiger partial charge in [-0.1, -0.05) is 0 Å². The Morgan fingerprint density at radius 1 is 1.11 bits per heavy atom. The highest BCUT2D eigenvalue weighted by atomic mass is 32.2. The topological polar surface area (TPSA) is 89.3 Å². The third kappa shape index (κ3) is 4.15. The van der Waals surface area contributed by atoms with Crippen LogP contribution in [0.2, 0.25) is 0 Å². The third-order valence-electron chi connectivity index (χ3n) is 4.48. The third-order valence-corrected chi connectivity index (χ3v) is 6.40. The zero-order valence-corrected chi connectivity index (χ0v) is 16.1. The molecule has 27 heavy (non-hydrogen) atoms. The number of benzene rings is 1. The van der Waals surface area contributed by atoms with E-state index >= 15 is 0 Å². The SMILES string of the molecule is COc1ccc(OC)c(S(=O)(=O)N2CCN(CC(=O)c3ccco3)CC2)c1. The summed E-state index contributed by atoms with van der Waals surface area (Å²) in [5.74, 6) is 0.903. The highest BCUT2D eigenvalue weighted by Crippen LogP contribution is 2.31. The predicted molar refractivity (Wildman–Crippen MR) is 97.8 cm³/mol. The van der Waals surface area contributed by atoms with Crippen molar-refractivity contribution in [1.29, 1.82) is 0 Å². The minimum atomic E-state index is -3.73. The van der Waals surface area contributed by atoms with Gasteiger partial charge in [0.05, 0.1) is 27.0 Å². The second-order valence-corrected chi connectivity index (χ2v) is 8.00. The lowest BCUT2D eigenvalue weighted by Crippen LogP contribution is -2.49. The monoisotopic (exact) mass is 394 g/mol. The van der Waals surface area contributed by atoms with E-state index in [1.807, 2.05) is 4.90 Å². The lowest BCUT2D eigenvalue weighted by molar-refractivity contribution is 0.0874. The molecule has 2 heterocycles. The van der Waals surface area contributed by atoms with Crippen molar-refractivity contribution >= 4 is 15.8 Å². The first-order valence-corrected chi connectivity index (χ1v) is 9.91. The summed E-state index contributed by atoms with van der Waals surface area (Å²) >= 11 is 0. The van der Waals surface area contributed by atoms with Gasteiger partial charge in [0.1, 0.15) is 16.4 Å². The molecule has 0 amide bonds. The standard InChI is InChI=1S/C18H22N2O6S/c1-24-14-5-6-17(25-2)18(12-14)27(22,23)20-9-7-19(8-10-20)13-15(21)16-4-3-11-26-16/h3-6,11-12H,7-10,13H2,1-2H3. The lowest BCUT2D eigenvalue weighted by atomic mass is 10.2. The molecule has 0 radical (unpaired) electrons. The molecule has 9 heteroatoms. The Morgan fingerprint density at radius 3 is 2.44 bits per heavy atom. The van der Waals surface area contributed by atoms with Gasteiger partial charge in [-0.3, -0.25) is 9.69 Å². The quantitative estimate of drug-likeness (QED) is 0.657. The van der Waals surface area contributed by atoms with Crippen LogP contribution in [0.5, 0.6) is 11.5 Å². The molecule has 1 fully saturated rings. The van der Waals surface area contributed by atoms with Gasteiger partial charge in [-0.05, 0) is 24.3 Å². The van der Waals surface area contributed by atoms with E-state index in [1.165, 1.54) is 30.9 Å². The average Bonchev–Trinajstić information content (AvgIpc) is 3.23. The molecule has 1 aliphatic heterocycles. The summed E-state index contributed by atoms with van der Waals surface area (Å²) in [5, 5.41) is 0. The van der Waals surface area contributed by atoms with Crippen LogP contribution in [-0.4, -0.2) is 70.3 Å². The largest absolute Gasteiger partial charge is 0.497 e. The van der Waals surface area contributed by atoms with Crippen molar-refractivity contribution in [2.45, 2.75) is 4.90 Å². The molecule has 0 unspecified atom stereocenters. The van der Waals surface area contributed by atoms with Crippen molar-refractivity contribution in [2.24, 2.45) is 0 Å². The zero-order valence-electron chi connectivity index (χ0n) is 15.3. The normalized spacial score (nSPS) is 16.2. The molecule has 1 aromatic carbocycles. The number of carbonyl (C=O) groups is 1. The molecule has 1 aromatic heterocycles. The van der Waals surface area contributed by atoms with Crippen LogP contribution in [0.1, 0.15) is 10.6 Å². The molecule has 0 atom stereocenters. The van der Waals surface area contributed by atoms with Crippen LogP contribution >= 0.6 is 0 Å². The van der Waals surface area contributed by atoms with Gasteiger partial charge in [0.15, 0.2) is 5.76 Å². The van der Waals surface area contributed by atoms with Crippen molar-refractivity contribution in [2.75, 3.05) is 46.9 Å². The van der Waals surface area contributed by atoms with Gasteiger partial charge >= 0.3 is 0 Å². The van der Waals surface area contributed by atoms with Crippen LogP contribution < -0.4 is 9.47 Å². The highest BCUT2D eigenvalue weighted by Gasteiger charge is 2.32. The summed E-state index contributed by atoms with van der Waals surface area (Å²) in [6.45, 7) is 1.68. The number of methoxy groups -OCH3 is 2. The molecule has 0 bridgehead atoms. The summed E-state index contributed by atoms with van der Waals surface area (Å²) in [7, 11) is -0.826. The van der Waals surface area contributed by atoms with Gasteiger partial charge in [0, 0.05) is 32.2 Å². The van der Waals surface area contributed by atoms with Gasteiger partial charge < -0.3 is 13.9 Å². The fraction of sp³-hybridized carbons (Fsp3) is 0.389. The van der Waals surface area contributed by atoms with Crippen LogP contribution in [0.15, 0.2) is 45.9 Å². The van der Waals surface area contributed by atoms with Crippen molar-refractivity contribution in [3.8, 4) is 11.5 Å². The minimum absolute atomic E-state index is 0.0736. The minimum Gasteiger partial charge on any atom is -0.497 e. The Kier molecular flexibility index (Phi) is 5.83. The Bertz CT molecular complexity index is 887. The predicted octanol–water partition coefficient (Wildman–Crippen LogP) is 1.49. The van der Waals surface area contributed by atoms with E-state index < -0.39 is 10.0 Å². The van der Waals surface area contributed by atoms with Crippen molar-refractivity contribution in [1.82, 2.24) is 9.21 Å². The number of hydrogen-bond donors (Lipinski definition) is 0. The second-order valence-electron chi connectivity index (χ2n) is 6.10. The maximum Gasteiger partial charge on any atom is 0.246 e. The first kappa shape index (κ1) is 19.4. The summed E-state index contributed by atoms with van der Waals surface area (Å²) in [5.41, 5.74) is 0. The summed E-state index contributed by atoms with van der Waals surface area (Å²) < 4.78 is 42.9. The Labute approximate surface area is 158 Å². The molecule has 0 aliphatic carbocycles. The molecule has 146 valence electrons. The first-order chi connectivity index (χ1) is 13.0. The van der Waals surface area contributed by atoms with Gasteiger partial charge in [-0.15, -0.1) is 0 Å². The van der Waals surface area contributed by atoms with E-state index in [2.05, 4.69) is 0 Å². The maximum absolute atomic E-state index is 13.0. The first-order valence-electron chi connectivity index (χ1n) is 8.47. The molecular weight excluding hydrogens is 372 g/mol. The number of nitrogens with zero attached hydrogens (tertiary/aromatic N) is 2. The molecule has 3 rings (SSSR count). The van der Waals surface area contributed by atoms with Gasteiger partial charge in [0.25, 0.3) is 0 Å². The van der Waals surface area contributed by atoms with E-state index in [0.29, 0.717) is 24.6 Å². The number of rotatable bonds is 7. The highest BCUT2D eigenvalue weighted by molar-refractivity contribution is 7.89. The average molecular weight is 394 g/mol. The van der Waals surface area contributed by atoms with Crippen LogP contribution in [0, 0.1) is 0 Å². The van der Waals surface area contributed by atoms with E-state index in [1.54, 1.807) is 24.3 Å². The maximum atomic E-state index is 13.0. The molecule has 0 saturated carbocycles. The number of ether oxygens (including phenoxy) is 2. The van der Waals surface area contributed by atoms with Gasteiger partial charge in [0.2, 0.25) is 15.8 Å². The number of piperazine rings is 1. The number of carbonyl (C=O) groups excluding carboxylic acids is 1. The van der Waals surface area contributed by atoms with E-state index in [0.717, 1.165) is 0 Å². The van der Waals surface area contributed by atoms with Crippen LogP contribution in [-0.2, 0) is 10.0 Å². The Balaban J connectivity index is 1.69. The van der Waals surface area contributed by atoms with E-state index in [-0.39, 0.29) is 36.1 Å².